The molecule has 0 saturated heterocycles. The largest absolute Gasteiger partial charge is 0.485 e. The fraction of sp³-hybridized carbons (Fsp3) is 0.476. The highest BCUT2D eigenvalue weighted by atomic mass is 32.1. The lowest BCUT2D eigenvalue weighted by molar-refractivity contribution is 0.0595. The van der Waals surface area contributed by atoms with Gasteiger partial charge in [0.05, 0.1) is 7.11 Å². The van der Waals surface area contributed by atoms with Crippen LogP contribution in [-0.4, -0.2) is 30.5 Å². The summed E-state index contributed by atoms with van der Waals surface area (Å²) < 4.78 is 24.1. The van der Waals surface area contributed by atoms with E-state index in [9.17, 15) is 14.0 Å². The van der Waals surface area contributed by atoms with Gasteiger partial charge in [0.2, 0.25) is 5.78 Å². The molecule has 152 valence electrons. The van der Waals surface area contributed by atoms with E-state index in [4.69, 9.17) is 4.74 Å². The molecule has 0 bridgehead atoms. The number of carbonyl (C=O) groups is 2. The number of hydrogen-bond acceptors (Lipinski definition) is 6. The third kappa shape index (κ3) is 6.71. The molecule has 0 N–H and O–H groups in total. The van der Waals surface area contributed by atoms with E-state index in [1.165, 1.54) is 50.3 Å². The van der Waals surface area contributed by atoms with Crippen LogP contribution in [0.3, 0.4) is 0 Å². The molecular formula is C21H26FNO4S. The molecule has 5 nitrogen and oxygen atoms in total. The molecule has 0 aliphatic rings. The molecule has 0 aliphatic heterocycles. The summed E-state index contributed by atoms with van der Waals surface area (Å²) in [5, 5.41) is 1.64. The van der Waals surface area contributed by atoms with Crippen molar-refractivity contribution in [1.29, 1.82) is 0 Å². The van der Waals surface area contributed by atoms with Gasteiger partial charge in [-0.2, -0.15) is 0 Å². The van der Waals surface area contributed by atoms with Crippen molar-refractivity contribution in [2.45, 2.75) is 51.9 Å². The highest BCUT2D eigenvalue weighted by molar-refractivity contribution is 7.12. The number of halogens is 1. The Morgan fingerprint density at radius 1 is 1.14 bits per heavy atom. The zero-order chi connectivity index (χ0) is 20.4. The number of methoxy groups -OCH3 is 1. The molecule has 0 unspecified atom stereocenters. The van der Waals surface area contributed by atoms with Crippen LogP contribution in [0.15, 0.2) is 23.6 Å². The number of benzene rings is 1. The highest BCUT2D eigenvalue weighted by Gasteiger charge is 2.16. The number of aryl methyl sites for hydroxylation is 1. The van der Waals surface area contributed by atoms with Gasteiger partial charge < -0.3 is 9.47 Å². The second-order valence-electron chi connectivity index (χ2n) is 6.51. The third-order valence-corrected chi connectivity index (χ3v) is 5.21. The Morgan fingerprint density at radius 2 is 1.89 bits per heavy atom. The molecule has 0 amide bonds. The summed E-state index contributed by atoms with van der Waals surface area (Å²) >= 11 is 1.06. The summed E-state index contributed by atoms with van der Waals surface area (Å²) in [6, 6.07) is 4.52. The SMILES string of the molecule is CCCCCCCCc1cc(OCC(=O)c2nc(C(=O)OC)cs2)ccc1F. The van der Waals surface area contributed by atoms with Gasteiger partial charge in [0.1, 0.15) is 11.6 Å². The summed E-state index contributed by atoms with van der Waals surface area (Å²) in [5.74, 6) is -0.744. The molecule has 2 aromatic rings. The molecule has 0 atom stereocenters. The number of aromatic nitrogens is 1. The molecule has 0 radical (unpaired) electrons. The number of Topliss-reactive ketones (excluding diaryl/α,β-unsaturated/α-hetero) is 1. The van der Waals surface area contributed by atoms with E-state index in [0.717, 1.165) is 24.2 Å². The summed E-state index contributed by atoms with van der Waals surface area (Å²) in [7, 11) is 1.25. The van der Waals surface area contributed by atoms with Gasteiger partial charge in [-0.3, -0.25) is 4.79 Å². The number of thiazole rings is 1. The summed E-state index contributed by atoms with van der Waals surface area (Å²) in [4.78, 5) is 27.5. The molecule has 0 aliphatic carbocycles. The van der Waals surface area contributed by atoms with E-state index in [0.29, 0.717) is 17.7 Å². The Hall–Kier alpha value is -2.28. The number of esters is 1. The first kappa shape index (κ1) is 22.0. The van der Waals surface area contributed by atoms with Crippen LogP contribution in [0.25, 0.3) is 0 Å². The van der Waals surface area contributed by atoms with Crippen LogP contribution >= 0.6 is 11.3 Å². The van der Waals surface area contributed by atoms with Crippen molar-refractivity contribution in [3.63, 3.8) is 0 Å². The standard InChI is InChI=1S/C21H26FNO4S/c1-3-4-5-6-7-8-9-15-12-16(10-11-17(15)22)27-13-19(24)20-23-18(14-28-20)21(25)26-2/h10-12,14H,3-9,13H2,1-2H3. The van der Waals surface area contributed by atoms with Crippen LogP contribution in [-0.2, 0) is 11.2 Å². The van der Waals surface area contributed by atoms with Gasteiger partial charge in [-0.15, -0.1) is 11.3 Å². The van der Waals surface area contributed by atoms with E-state index in [2.05, 4.69) is 16.6 Å². The molecular weight excluding hydrogens is 381 g/mol. The molecule has 1 aromatic heterocycles. The summed E-state index contributed by atoms with van der Waals surface area (Å²) in [5.41, 5.74) is 0.696. The van der Waals surface area contributed by atoms with E-state index < -0.39 is 5.97 Å². The van der Waals surface area contributed by atoms with Crippen molar-refractivity contribution in [1.82, 2.24) is 4.98 Å². The zero-order valence-electron chi connectivity index (χ0n) is 16.3. The fourth-order valence-corrected chi connectivity index (χ4v) is 3.45. The van der Waals surface area contributed by atoms with Crippen molar-refractivity contribution in [2.75, 3.05) is 13.7 Å². The average molecular weight is 408 g/mol. The van der Waals surface area contributed by atoms with Gasteiger partial charge in [-0.25, -0.2) is 14.2 Å². The van der Waals surface area contributed by atoms with Gasteiger partial charge in [0.15, 0.2) is 17.3 Å². The van der Waals surface area contributed by atoms with Crippen molar-refractivity contribution in [3.8, 4) is 5.75 Å². The van der Waals surface area contributed by atoms with Crippen LogP contribution in [0.5, 0.6) is 5.75 Å². The maximum Gasteiger partial charge on any atom is 0.357 e. The number of nitrogens with zero attached hydrogens (tertiary/aromatic N) is 1. The fourth-order valence-electron chi connectivity index (χ4n) is 2.74. The maximum absolute atomic E-state index is 14.0. The summed E-state index contributed by atoms with van der Waals surface area (Å²) in [6.07, 6.45) is 7.50. The highest BCUT2D eigenvalue weighted by Crippen LogP contribution is 2.20. The Bertz CT molecular complexity index is 790. The smallest absolute Gasteiger partial charge is 0.357 e. The topological polar surface area (TPSA) is 65.5 Å². The number of rotatable bonds is 12. The molecule has 7 heteroatoms. The molecule has 28 heavy (non-hydrogen) atoms. The lowest BCUT2D eigenvalue weighted by Gasteiger charge is -2.08. The minimum absolute atomic E-state index is 0.0962. The minimum atomic E-state index is -0.589. The number of ether oxygens (including phenoxy) is 2. The molecule has 0 spiro atoms. The Morgan fingerprint density at radius 3 is 2.64 bits per heavy atom. The third-order valence-electron chi connectivity index (χ3n) is 4.32. The van der Waals surface area contributed by atoms with Gasteiger partial charge in [-0.1, -0.05) is 39.0 Å². The lowest BCUT2D eigenvalue weighted by Crippen LogP contribution is -2.12. The molecule has 1 aromatic carbocycles. The van der Waals surface area contributed by atoms with Crippen LogP contribution < -0.4 is 4.74 Å². The number of hydrogen-bond donors (Lipinski definition) is 0. The minimum Gasteiger partial charge on any atom is -0.485 e. The van der Waals surface area contributed by atoms with E-state index in [-0.39, 0.29) is 28.9 Å². The van der Waals surface area contributed by atoms with E-state index in [1.807, 2.05) is 0 Å². The number of unbranched alkanes of at least 4 members (excludes halogenated alkanes) is 5. The second-order valence-corrected chi connectivity index (χ2v) is 7.37. The van der Waals surface area contributed by atoms with E-state index >= 15 is 0 Å². The lowest BCUT2D eigenvalue weighted by atomic mass is 10.0. The van der Waals surface area contributed by atoms with Crippen molar-refractivity contribution >= 4 is 23.1 Å². The van der Waals surface area contributed by atoms with Crippen molar-refractivity contribution < 1.29 is 23.5 Å². The normalized spacial score (nSPS) is 10.7. The first-order valence-electron chi connectivity index (χ1n) is 9.53. The number of carbonyl (C=O) groups excluding carboxylic acids is 2. The molecule has 1 heterocycles. The quantitative estimate of drug-likeness (QED) is 0.274. The first-order valence-corrected chi connectivity index (χ1v) is 10.4. The maximum atomic E-state index is 14.0. The van der Waals surface area contributed by atoms with Gasteiger partial charge >= 0.3 is 5.97 Å². The van der Waals surface area contributed by atoms with Crippen molar-refractivity contribution in [3.05, 3.63) is 45.7 Å². The van der Waals surface area contributed by atoms with Crippen LogP contribution in [0.4, 0.5) is 4.39 Å². The Kier molecular flexibility index (Phi) is 9.07. The first-order chi connectivity index (χ1) is 13.5. The van der Waals surface area contributed by atoms with Gasteiger partial charge in [-0.05, 0) is 36.6 Å². The van der Waals surface area contributed by atoms with Crippen LogP contribution in [0, 0.1) is 5.82 Å². The number of ketones is 1. The van der Waals surface area contributed by atoms with Gasteiger partial charge in [0.25, 0.3) is 0 Å². The molecule has 2 rings (SSSR count). The monoisotopic (exact) mass is 407 g/mol. The molecule has 0 saturated carbocycles. The van der Waals surface area contributed by atoms with Crippen LogP contribution in [0.1, 0.15) is 71.3 Å². The molecule has 0 fully saturated rings. The summed E-state index contributed by atoms with van der Waals surface area (Å²) in [6.45, 7) is 1.95. The zero-order valence-corrected chi connectivity index (χ0v) is 17.1. The van der Waals surface area contributed by atoms with E-state index in [1.54, 1.807) is 6.07 Å². The second kappa shape index (κ2) is 11.5. The predicted molar refractivity (Wildman–Crippen MR) is 107 cm³/mol. The van der Waals surface area contributed by atoms with Crippen LogP contribution in [0.2, 0.25) is 0 Å². The average Bonchev–Trinajstić information content (AvgIpc) is 3.20. The Labute approximate surface area is 168 Å². The van der Waals surface area contributed by atoms with Gasteiger partial charge in [0, 0.05) is 5.38 Å². The Balaban J connectivity index is 1.85. The predicted octanol–water partition coefficient (Wildman–Crippen LogP) is 5.23. The van der Waals surface area contributed by atoms with Crippen molar-refractivity contribution in [2.24, 2.45) is 0 Å².